The Balaban J connectivity index is 1.57. The molecule has 14 heteroatoms. The number of anilines is 2. The van der Waals surface area contributed by atoms with Crippen LogP contribution in [0.5, 0.6) is 5.06 Å². The number of hydrogen-bond donors (Lipinski definition) is 3. The Morgan fingerprint density at radius 2 is 2.00 bits per heavy atom. The van der Waals surface area contributed by atoms with Crippen LogP contribution in [0.15, 0.2) is 29.3 Å². The second-order valence-corrected chi connectivity index (χ2v) is 10.8. The molecule has 0 saturated heterocycles. The average Bonchev–Trinajstić information content (AvgIpc) is 3.16. The number of alkyl halides is 3. The van der Waals surface area contributed by atoms with Gasteiger partial charge in [-0.05, 0) is 42.3 Å². The van der Waals surface area contributed by atoms with E-state index >= 15 is 0 Å². The number of benzene rings is 1. The third kappa shape index (κ3) is 4.45. The van der Waals surface area contributed by atoms with Crippen molar-refractivity contribution in [3.63, 3.8) is 0 Å². The number of ether oxygens (including phenoxy) is 1. The summed E-state index contributed by atoms with van der Waals surface area (Å²) in [6.07, 6.45) is -3.31. The first-order valence-electron chi connectivity index (χ1n) is 10.1. The van der Waals surface area contributed by atoms with Crippen LogP contribution in [-0.2, 0) is 29.2 Å². The maximum Gasteiger partial charge on any atom is 0.420 e. The molecule has 2 aliphatic rings. The molecule has 3 N–H and O–H groups in total. The van der Waals surface area contributed by atoms with Gasteiger partial charge in [0.25, 0.3) is 0 Å². The number of sulfonamides is 1. The highest BCUT2D eigenvalue weighted by molar-refractivity contribution is 7.89. The summed E-state index contributed by atoms with van der Waals surface area (Å²) < 4.78 is 73.9. The molecule has 0 fully saturated rings. The van der Waals surface area contributed by atoms with Crippen molar-refractivity contribution in [2.75, 3.05) is 25.0 Å². The zero-order chi connectivity index (χ0) is 24.1. The molecule has 0 atom stereocenters. The summed E-state index contributed by atoms with van der Waals surface area (Å²) in [4.78, 5) is 7.69. The van der Waals surface area contributed by atoms with Crippen LogP contribution in [0.3, 0.4) is 0 Å². The van der Waals surface area contributed by atoms with Gasteiger partial charge >= 0.3 is 6.18 Å². The maximum absolute atomic E-state index is 13.8. The second kappa shape index (κ2) is 8.64. The molecule has 0 saturated carbocycles. The number of nitrogens with zero attached hydrogens (tertiary/aromatic N) is 2. The van der Waals surface area contributed by atoms with Crippen molar-refractivity contribution < 1.29 is 26.3 Å². The molecular formula is C20H17ClF3N5O3S2. The Hall–Kier alpha value is -2.45. The summed E-state index contributed by atoms with van der Waals surface area (Å²) in [6.45, 7) is 1.60. The predicted octanol–water partition coefficient (Wildman–Crippen LogP) is 3.94. The third-order valence-corrected chi connectivity index (χ3v) is 8.30. The lowest BCUT2D eigenvalue weighted by atomic mass is 10.0. The minimum atomic E-state index is -4.76. The standard InChI is InChI=1S/C20H17ClF3N5O3S2/c21-13-5-11-8-25-2-1-10(11)6-14(13)28-19-26-9-12(20(22,23)24)17(29-19)15-7-16-18(33-15)32-4-3-27-34(16,30)31/h5-7,9,25,27H,1-4,8H2,(H,26,28,29). The monoisotopic (exact) mass is 531 g/mol. The number of rotatable bonds is 3. The highest BCUT2D eigenvalue weighted by atomic mass is 35.5. The van der Waals surface area contributed by atoms with Crippen molar-refractivity contribution in [1.29, 1.82) is 0 Å². The van der Waals surface area contributed by atoms with Crippen LogP contribution < -0.4 is 20.1 Å². The molecule has 0 unspecified atom stereocenters. The summed E-state index contributed by atoms with van der Waals surface area (Å²) in [5.74, 6) is -0.107. The van der Waals surface area contributed by atoms with Crippen LogP contribution in [0.2, 0.25) is 5.02 Å². The fraction of sp³-hybridized carbons (Fsp3) is 0.300. The van der Waals surface area contributed by atoms with E-state index in [1.165, 1.54) is 0 Å². The first kappa shape index (κ1) is 23.3. The number of nitrogens with one attached hydrogen (secondary N) is 3. The Morgan fingerprint density at radius 3 is 2.79 bits per heavy atom. The summed E-state index contributed by atoms with van der Waals surface area (Å²) >= 11 is 7.15. The van der Waals surface area contributed by atoms with Gasteiger partial charge in [0.15, 0.2) is 5.06 Å². The summed E-state index contributed by atoms with van der Waals surface area (Å²) in [5, 5.41) is 6.53. The molecule has 0 aliphatic carbocycles. The summed E-state index contributed by atoms with van der Waals surface area (Å²) in [7, 11) is -3.91. The fourth-order valence-corrected chi connectivity index (χ4v) is 6.47. The minimum Gasteiger partial charge on any atom is -0.481 e. The van der Waals surface area contributed by atoms with Crippen LogP contribution in [0, 0.1) is 0 Å². The Labute approximate surface area is 201 Å². The molecule has 2 aromatic heterocycles. The first-order valence-corrected chi connectivity index (χ1v) is 12.8. The van der Waals surface area contributed by atoms with Crippen LogP contribution in [0.4, 0.5) is 24.8 Å². The van der Waals surface area contributed by atoms with Crippen LogP contribution >= 0.6 is 22.9 Å². The van der Waals surface area contributed by atoms with Crippen molar-refractivity contribution in [1.82, 2.24) is 20.0 Å². The Kier molecular flexibility index (Phi) is 5.92. The zero-order valence-corrected chi connectivity index (χ0v) is 19.7. The van der Waals surface area contributed by atoms with Crippen molar-refractivity contribution in [2.45, 2.75) is 24.0 Å². The van der Waals surface area contributed by atoms with Gasteiger partial charge in [-0.25, -0.2) is 23.1 Å². The number of halogens is 4. The molecule has 4 heterocycles. The number of thiophene rings is 1. The van der Waals surface area contributed by atoms with Gasteiger partial charge in [0.2, 0.25) is 16.0 Å². The zero-order valence-electron chi connectivity index (χ0n) is 17.3. The van der Waals surface area contributed by atoms with Crippen molar-refractivity contribution in [3.05, 3.63) is 46.1 Å². The average molecular weight is 532 g/mol. The lowest BCUT2D eigenvalue weighted by molar-refractivity contribution is -0.137. The third-order valence-electron chi connectivity index (χ3n) is 5.33. The number of aromatic nitrogens is 2. The van der Waals surface area contributed by atoms with Gasteiger partial charge in [-0.3, -0.25) is 0 Å². The number of hydrogen-bond acceptors (Lipinski definition) is 8. The fourth-order valence-electron chi connectivity index (χ4n) is 3.72. The van der Waals surface area contributed by atoms with Crippen LogP contribution in [0.1, 0.15) is 16.7 Å². The molecule has 0 amide bonds. The number of fused-ring (bicyclic) bond motifs is 2. The van der Waals surface area contributed by atoms with E-state index in [9.17, 15) is 21.6 Å². The Morgan fingerprint density at radius 1 is 1.18 bits per heavy atom. The van der Waals surface area contributed by atoms with Crippen molar-refractivity contribution >= 4 is 44.6 Å². The highest BCUT2D eigenvalue weighted by Gasteiger charge is 2.37. The maximum atomic E-state index is 13.8. The van der Waals surface area contributed by atoms with E-state index in [0.717, 1.165) is 41.5 Å². The van der Waals surface area contributed by atoms with Crippen LogP contribution in [0.25, 0.3) is 10.6 Å². The second-order valence-electron chi connectivity index (χ2n) is 7.61. The van der Waals surface area contributed by atoms with Gasteiger partial charge in [-0.1, -0.05) is 22.9 Å². The first-order chi connectivity index (χ1) is 16.1. The molecule has 8 nitrogen and oxygen atoms in total. The molecule has 0 bridgehead atoms. The van der Waals surface area contributed by atoms with Gasteiger partial charge in [-0.15, -0.1) is 0 Å². The van der Waals surface area contributed by atoms with E-state index in [1.54, 1.807) is 6.07 Å². The van der Waals surface area contributed by atoms with Crippen molar-refractivity contribution in [2.24, 2.45) is 0 Å². The smallest absolute Gasteiger partial charge is 0.420 e. The molecule has 34 heavy (non-hydrogen) atoms. The molecule has 5 rings (SSSR count). The summed E-state index contributed by atoms with van der Waals surface area (Å²) in [6, 6.07) is 4.76. The lowest BCUT2D eigenvalue weighted by Crippen LogP contribution is -2.24. The largest absolute Gasteiger partial charge is 0.481 e. The quantitative estimate of drug-likeness (QED) is 0.470. The van der Waals surface area contributed by atoms with Crippen molar-refractivity contribution in [3.8, 4) is 15.6 Å². The molecule has 180 valence electrons. The van der Waals surface area contributed by atoms with E-state index in [1.807, 2.05) is 6.07 Å². The van der Waals surface area contributed by atoms with E-state index < -0.39 is 27.5 Å². The molecule has 0 spiro atoms. The minimum absolute atomic E-state index is 0.00703. The molecule has 1 aromatic carbocycles. The van der Waals surface area contributed by atoms with Crippen LogP contribution in [-0.4, -0.2) is 38.1 Å². The topological polar surface area (TPSA) is 105 Å². The van der Waals surface area contributed by atoms with E-state index in [-0.39, 0.29) is 33.9 Å². The summed E-state index contributed by atoms with van der Waals surface area (Å²) in [5.41, 5.74) is 1.02. The molecular weight excluding hydrogens is 515 g/mol. The Bertz CT molecular complexity index is 1380. The van der Waals surface area contributed by atoms with E-state index in [0.29, 0.717) is 23.5 Å². The van der Waals surface area contributed by atoms with Gasteiger partial charge in [-0.2, -0.15) is 13.2 Å². The van der Waals surface area contributed by atoms with Gasteiger partial charge in [0, 0.05) is 19.3 Å². The predicted molar refractivity (Wildman–Crippen MR) is 121 cm³/mol. The molecule has 0 radical (unpaired) electrons. The highest BCUT2D eigenvalue weighted by Crippen LogP contribution is 2.44. The van der Waals surface area contributed by atoms with E-state index in [2.05, 4.69) is 25.3 Å². The lowest BCUT2D eigenvalue weighted by Gasteiger charge is -2.19. The normalized spacial score (nSPS) is 17.3. The molecule has 3 aromatic rings. The van der Waals surface area contributed by atoms with Gasteiger partial charge in [0.1, 0.15) is 17.1 Å². The van der Waals surface area contributed by atoms with Gasteiger partial charge in [0.05, 0.1) is 21.3 Å². The molecule has 2 aliphatic heterocycles. The SMILES string of the molecule is O=S1(=O)NCCOc2sc(-c3nc(Nc4cc5c(cc4Cl)CNCC5)ncc3C(F)(F)F)cc21. The van der Waals surface area contributed by atoms with E-state index in [4.69, 9.17) is 16.3 Å². The van der Waals surface area contributed by atoms with Gasteiger partial charge < -0.3 is 15.4 Å².